The highest BCUT2D eigenvalue weighted by Gasteiger charge is 2.22. The van der Waals surface area contributed by atoms with E-state index in [0.717, 1.165) is 45.1 Å². The van der Waals surface area contributed by atoms with E-state index >= 15 is 0 Å². The normalized spacial score (nSPS) is 10.7. The van der Waals surface area contributed by atoms with Crippen LogP contribution in [0, 0.1) is 0 Å². The maximum absolute atomic E-state index is 14.3. The summed E-state index contributed by atoms with van der Waals surface area (Å²) in [6, 6.07) is 33.3. The van der Waals surface area contributed by atoms with Crippen LogP contribution >= 0.6 is 0 Å². The van der Waals surface area contributed by atoms with Crippen LogP contribution in [0.4, 0.5) is 11.4 Å². The van der Waals surface area contributed by atoms with Crippen LogP contribution in [0.3, 0.4) is 0 Å². The maximum atomic E-state index is 14.3. The van der Waals surface area contributed by atoms with E-state index in [1.54, 1.807) is 30.1 Å². The van der Waals surface area contributed by atoms with E-state index in [1.165, 1.54) is 12.4 Å². The van der Waals surface area contributed by atoms with Crippen molar-refractivity contribution in [3.63, 3.8) is 0 Å². The highest BCUT2D eigenvalue weighted by atomic mass is 16.5. The predicted molar refractivity (Wildman–Crippen MR) is 199 cm³/mol. The lowest BCUT2D eigenvalue weighted by molar-refractivity contribution is 0.0726. The zero-order valence-corrected chi connectivity index (χ0v) is 29.7. The third kappa shape index (κ3) is 9.19. The van der Waals surface area contributed by atoms with Gasteiger partial charge in [-0.2, -0.15) is 0 Å². The molecule has 4 aromatic carbocycles. The number of carbonyl (C=O) groups excluding carboxylic acids is 2. The van der Waals surface area contributed by atoms with Crippen molar-refractivity contribution in [2.75, 3.05) is 52.2 Å². The lowest BCUT2D eigenvalue weighted by Crippen LogP contribution is -2.32. The van der Waals surface area contributed by atoms with Gasteiger partial charge in [-0.3, -0.25) is 14.6 Å². The number of carbonyl (C=O) groups is 2. The number of amides is 2. The number of hydrogen-bond donors (Lipinski definition) is 0. The zero-order valence-electron chi connectivity index (χ0n) is 29.7. The minimum Gasteiger partial charge on any atom is -0.497 e. The van der Waals surface area contributed by atoms with Gasteiger partial charge in [0, 0.05) is 78.1 Å². The second-order valence-electron chi connectivity index (χ2n) is 12.6. The summed E-state index contributed by atoms with van der Waals surface area (Å²) in [7, 11) is 11.2. The van der Waals surface area contributed by atoms with Gasteiger partial charge in [0.05, 0.1) is 25.3 Å². The molecule has 1 heterocycles. The Hall–Kier alpha value is -5.83. The van der Waals surface area contributed by atoms with Gasteiger partial charge in [-0.1, -0.05) is 48.5 Å². The van der Waals surface area contributed by atoms with Gasteiger partial charge >= 0.3 is 0 Å². The number of anilines is 2. The van der Waals surface area contributed by atoms with Gasteiger partial charge in [0.15, 0.2) is 0 Å². The maximum Gasteiger partial charge on any atom is 0.256 e. The van der Waals surface area contributed by atoms with Gasteiger partial charge in [-0.05, 0) is 76.9 Å². The molecule has 0 aliphatic carbocycles. The van der Waals surface area contributed by atoms with Crippen molar-refractivity contribution < 1.29 is 19.1 Å². The van der Waals surface area contributed by atoms with E-state index in [4.69, 9.17) is 9.47 Å². The first kappa shape index (κ1) is 35.5. The minimum absolute atomic E-state index is 0.211. The number of pyridine rings is 1. The smallest absolute Gasteiger partial charge is 0.256 e. The molecule has 5 aromatic rings. The van der Waals surface area contributed by atoms with Crippen molar-refractivity contribution in [3.8, 4) is 11.5 Å². The van der Waals surface area contributed by atoms with Crippen molar-refractivity contribution in [2.45, 2.75) is 26.2 Å². The fraction of sp³-hybridized carbons (Fsp3) is 0.244. The van der Waals surface area contributed by atoms with Gasteiger partial charge in [-0.25, -0.2) is 0 Å². The standard InChI is InChI=1S/C41H45N5O4/c1-43(2)36-15-7-30(8-16-36)26-45(27-31-9-17-37(18-10-31)44(3)4)40(47)34-23-35(25-42-24-34)41(48)46(28-32-11-19-38(49-5)20-12-32)29-33-13-21-39(50-6)22-14-33/h7-25H,26-29H2,1-6H3. The van der Waals surface area contributed by atoms with Gasteiger partial charge in [0.25, 0.3) is 11.8 Å². The molecule has 0 unspecified atom stereocenters. The molecule has 0 aliphatic heterocycles. The molecule has 0 aliphatic rings. The molecule has 0 fully saturated rings. The van der Waals surface area contributed by atoms with E-state index in [0.29, 0.717) is 37.3 Å². The second-order valence-corrected chi connectivity index (χ2v) is 12.6. The van der Waals surface area contributed by atoms with E-state index < -0.39 is 0 Å². The molecule has 2 amide bonds. The fourth-order valence-corrected chi connectivity index (χ4v) is 5.58. The summed E-state index contributed by atoms with van der Waals surface area (Å²) >= 11 is 0. The van der Waals surface area contributed by atoms with Crippen LogP contribution < -0.4 is 19.3 Å². The molecule has 0 atom stereocenters. The van der Waals surface area contributed by atoms with Crippen LogP contribution in [0.2, 0.25) is 0 Å². The highest BCUT2D eigenvalue weighted by molar-refractivity contribution is 5.99. The number of methoxy groups -OCH3 is 2. The first-order valence-electron chi connectivity index (χ1n) is 16.5. The topological polar surface area (TPSA) is 78.4 Å². The van der Waals surface area contributed by atoms with Crippen LogP contribution in [-0.2, 0) is 26.2 Å². The van der Waals surface area contributed by atoms with Crippen LogP contribution in [-0.4, -0.2) is 69.0 Å². The first-order chi connectivity index (χ1) is 24.1. The quantitative estimate of drug-likeness (QED) is 0.127. The van der Waals surface area contributed by atoms with Crippen LogP contribution in [0.25, 0.3) is 0 Å². The summed E-state index contributed by atoms with van der Waals surface area (Å²) in [4.78, 5) is 40.5. The number of ether oxygens (including phenoxy) is 2. The fourth-order valence-electron chi connectivity index (χ4n) is 5.58. The summed E-state index contributed by atoms with van der Waals surface area (Å²) in [5.74, 6) is 1.04. The summed E-state index contributed by atoms with van der Waals surface area (Å²) in [5.41, 5.74) is 6.73. The Bertz CT molecular complexity index is 1750. The number of aromatic nitrogens is 1. The molecule has 9 heteroatoms. The SMILES string of the molecule is COc1ccc(CN(Cc2ccc(OC)cc2)C(=O)c2cncc(C(=O)N(Cc3ccc(N(C)C)cc3)Cc3ccc(N(C)C)cc3)c2)cc1. The van der Waals surface area contributed by atoms with Gasteiger partial charge in [0.1, 0.15) is 11.5 Å². The molecule has 1 aromatic heterocycles. The number of hydrogen-bond acceptors (Lipinski definition) is 7. The average molecular weight is 672 g/mol. The van der Waals surface area contributed by atoms with Crippen molar-refractivity contribution in [1.82, 2.24) is 14.8 Å². The van der Waals surface area contributed by atoms with E-state index in [2.05, 4.69) is 4.98 Å². The Morgan fingerprint density at radius 1 is 0.500 bits per heavy atom. The molecular weight excluding hydrogens is 626 g/mol. The van der Waals surface area contributed by atoms with Crippen LogP contribution in [0.5, 0.6) is 11.5 Å². The third-order valence-corrected chi connectivity index (χ3v) is 8.52. The predicted octanol–water partition coefficient (Wildman–Crippen LogP) is 6.92. The number of nitrogens with zero attached hydrogens (tertiary/aromatic N) is 5. The molecule has 0 spiro atoms. The molecular formula is C41H45N5O4. The van der Waals surface area contributed by atoms with E-state index in [1.807, 2.05) is 135 Å². The van der Waals surface area contributed by atoms with Crippen molar-refractivity contribution in [3.05, 3.63) is 149 Å². The molecule has 9 nitrogen and oxygen atoms in total. The van der Waals surface area contributed by atoms with Crippen molar-refractivity contribution in [1.29, 1.82) is 0 Å². The Morgan fingerprint density at radius 2 is 0.800 bits per heavy atom. The Labute approximate surface area is 295 Å². The lowest BCUT2D eigenvalue weighted by atomic mass is 10.1. The Morgan fingerprint density at radius 3 is 1.08 bits per heavy atom. The molecule has 0 radical (unpaired) electrons. The number of benzene rings is 4. The molecule has 5 rings (SSSR count). The van der Waals surface area contributed by atoms with Gasteiger partial charge in [0.2, 0.25) is 0 Å². The molecule has 0 bridgehead atoms. The molecule has 0 saturated heterocycles. The lowest BCUT2D eigenvalue weighted by Gasteiger charge is -2.25. The molecule has 0 saturated carbocycles. The molecule has 50 heavy (non-hydrogen) atoms. The zero-order chi connectivity index (χ0) is 35.6. The van der Waals surface area contributed by atoms with E-state index in [9.17, 15) is 9.59 Å². The Balaban J connectivity index is 1.43. The summed E-state index contributed by atoms with van der Waals surface area (Å²) < 4.78 is 10.7. The second kappa shape index (κ2) is 16.5. The van der Waals surface area contributed by atoms with Crippen LogP contribution in [0.15, 0.2) is 116 Å². The van der Waals surface area contributed by atoms with Crippen molar-refractivity contribution in [2.24, 2.45) is 0 Å². The van der Waals surface area contributed by atoms with Crippen molar-refractivity contribution >= 4 is 23.2 Å². The Kier molecular flexibility index (Phi) is 11.7. The van der Waals surface area contributed by atoms with E-state index in [-0.39, 0.29) is 11.8 Å². The van der Waals surface area contributed by atoms with Crippen LogP contribution in [0.1, 0.15) is 43.0 Å². The first-order valence-corrected chi connectivity index (χ1v) is 16.5. The summed E-state index contributed by atoms with van der Waals surface area (Å²) in [6.07, 6.45) is 3.06. The molecule has 0 N–H and O–H groups in total. The number of rotatable bonds is 14. The van der Waals surface area contributed by atoms with Gasteiger partial charge in [-0.15, -0.1) is 0 Å². The molecule has 258 valence electrons. The van der Waals surface area contributed by atoms with Gasteiger partial charge < -0.3 is 29.1 Å². The third-order valence-electron chi connectivity index (χ3n) is 8.52. The monoisotopic (exact) mass is 671 g/mol. The highest BCUT2D eigenvalue weighted by Crippen LogP contribution is 2.22. The minimum atomic E-state index is -0.233. The largest absolute Gasteiger partial charge is 0.497 e. The summed E-state index contributed by atoms with van der Waals surface area (Å²) in [6.45, 7) is 1.48. The average Bonchev–Trinajstić information content (AvgIpc) is 3.14. The summed E-state index contributed by atoms with van der Waals surface area (Å²) in [5, 5.41) is 0.